The second-order valence-corrected chi connectivity index (χ2v) is 4.00. The summed E-state index contributed by atoms with van der Waals surface area (Å²) in [5, 5.41) is 12.6. The molecule has 0 bridgehead atoms. The van der Waals surface area contributed by atoms with Crippen LogP contribution in [0.25, 0.3) is 0 Å². The summed E-state index contributed by atoms with van der Waals surface area (Å²) in [5.74, 6) is 0. The maximum atomic E-state index is 8.52. The molecule has 1 aromatic carbocycles. The van der Waals surface area contributed by atoms with E-state index in [0.29, 0.717) is 13.2 Å². The van der Waals surface area contributed by atoms with Crippen LogP contribution in [0.4, 0.5) is 0 Å². The van der Waals surface area contributed by atoms with Crippen molar-refractivity contribution < 1.29 is 9.84 Å². The molecule has 0 spiro atoms. The van der Waals surface area contributed by atoms with E-state index >= 15 is 0 Å². The molecule has 0 unspecified atom stereocenters. The molecule has 0 heterocycles. The molecule has 0 saturated heterocycles. The fourth-order valence-electron chi connectivity index (χ4n) is 1.38. The highest BCUT2D eigenvalue weighted by molar-refractivity contribution is 6.30. The smallest absolute Gasteiger partial charge is 0.0698 e. The van der Waals surface area contributed by atoms with E-state index in [0.717, 1.165) is 11.6 Å². The third-order valence-electron chi connectivity index (χ3n) is 2.30. The lowest BCUT2D eigenvalue weighted by molar-refractivity contribution is 0.0928. The average molecular weight is 244 g/mol. The zero-order valence-corrected chi connectivity index (χ0v) is 10.2. The number of aliphatic hydroxyl groups excluding tert-OH is 1. The van der Waals surface area contributed by atoms with Crippen molar-refractivity contribution in [2.75, 3.05) is 26.4 Å². The Morgan fingerprint density at radius 3 is 2.62 bits per heavy atom. The van der Waals surface area contributed by atoms with Crippen LogP contribution in [0.15, 0.2) is 24.3 Å². The molecule has 0 aliphatic carbocycles. The van der Waals surface area contributed by atoms with E-state index in [-0.39, 0.29) is 12.6 Å². The molecule has 0 aliphatic heterocycles. The van der Waals surface area contributed by atoms with Crippen molar-refractivity contribution in [1.82, 2.24) is 5.32 Å². The molecule has 0 amide bonds. The molecule has 0 saturated carbocycles. The highest BCUT2D eigenvalue weighted by Gasteiger charge is 2.03. The molecule has 3 nitrogen and oxygen atoms in total. The number of rotatable bonds is 7. The van der Waals surface area contributed by atoms with E-state index in [4.69, 9.17) is 21.4 Å². The van der Waals surface area contributed by atoms with Crippen molar-refractivity contribution in [3.05, 3.63) is 34.9 Å². The SMILES string of the molecule is C[C@@H](NCCOCCO)c1ccc(Cl)cc1. The van der Waals surface area contributed by atoms with Gasteiger partial charge in [0.2, 0.25) is 0 Å². The monoisotopic (exact) mass is 243 g/mol. The van der Waals surface area contributed by atoms with Gasteiger partial charge in [-0.05, 0) is 24.6 Å². The van der Waals surface area contributed by atoms with Gasteiger partial charge in [0, 0.05) is 17.6 Å². The van der Waals surface area contributed by atoms with Gasteiger partial charge in [0.05, 0.1) is 19.8 Å². The summed E-state index contributed by atoms with van der Waals surface area (Å²) in [5.41, 5.74) is 1.20. The van der Waals surface area contributed by atoms with Crippen molar-refractivity contribution in [2.45, 2.75) is 13.0 Å². The first kappa shape index (κ1) is 13.5. The Morgan fingerprint density at radius 2 is 2.00 bits per heavy atom. The predicted molar refractivity (Wildman–Crippen MR) is 65.8 cm³/mol. The number of halogens is 1. The van der Waals surface area contributed by atoms with Gasteiger partial charge in [-0.1, -0.05) is 23.7 Å². The minimum absolute atomic E-state index is 0.0761. The van der Waals surface area contributed by atoms with Crippen LogP contribution in [0.1, 0.15) is 18.5 Å². The molecule has 90 valence electrons. The van der Waals surface area contributed by atoms with Crippen LogP contribution in [-0.4, -0.2) is 31.5 Å². The Morgan fingerprint density at radius 1 is 1.31 bits per heavy atom. The maximum absolute atomic E-state index is 8.52. The Labute approximate surface area is 101 Å². The van der Waals surface area contributed by atoms with Crippen LogP contribution < -0.4 is 5.32 Å². The van der Waals surface area contributed by atoms with Gasteiger partial charge in [0.15, 0.2) is 0 Å². The molecular weight excluding hydrogens is 226 g/mol. The summed E-state index contributed by atoms with van der Waals surface area (Å²) in [4.78, 5) is 0. The van der Waals surface area contributed by atoms with E-state index in [1.165, 1.54) is 5.56 Å². The Bertz CT molecular complexity index is 290. The van der Waals surface area contributed by atoms with E-state index < -0.39 is 0 Å². The van der Waals surface area contributed by atoms with Crippen molar-refractivity contribution in [3.8, 4) is 0 Å². The topological polar surface area (TPSA) is 41.5 Å². The van der Waals surface area contributed by atoms with Gasteiger partial charge in [-0.2, -0.15) is 0 Å². The maximum Gasteiger partial charge on any atom is 0.0698 e. The lowest BCUT2D eigenvalue weighted by atomic mass is 10.1. The van der Waals surface area contributed by atoms with Crippen LogP contribution in [0, 0.1) is 0 Å². The van der Waals surface area contributed by atoms with Gasteiger partial charge in [0.25, 0.3) is 0 Å². The van der Waals surface area contributed by atoms with E-state index in [2.05, 4.69) is 12.2 Å². The van der Waals surface area contributed by atoms with Crippen LogP contribution in [0.5, 0.6) is 0 Å². The molecule has 0 aliphatic rings. The van der Waals surface area contributed by atoms with Crippen LogP contribution in [-0.2, 0) is 4.74 Å². The number of aliphatic hydroxyl groups is 1. The normalized spacial score (nSPS) is 12.7. The molecule has 4 heteroatoms. The largest absolute Gasteiger partial charge is 0.394 e. The lowest BCUT2D eigenvalue weighted by Crippen LogP contribution is -2.23. The van der Waals surface area contributed by atoms with Crippen molar-refractivity contribution in [3.63, 3.8) is 0 Å². The number of benzene rings is 1. The number of nitrogens with one attached hydrogen (secondary N) is 1. The molecule has 0 fully saturated rings. The fourth-order valence-corrected chi connectivity index (χ4v) is 1.51. The highest BCUT2D eigenvalue weighted by Crippen LogP contribution is 2.15. The number of ether oxygens (including phenoxy) is 1. The minimum Gasteiger partial charge on any atom is -0.394 e. The zero-order valence-electron chi connectivity index (χ0n) is 9.45. The van der Waals surface area contributed by atoms with E-state index in [1.807, 2.05) is 24.3 Å². The summed E-state index contributed by atoms with van der Waals surface area (Å²) in [6.45, 7) is 3.95. The second-order valence-electron chi connectivity index (χ2n) is 3.56. The summed E-state index contributed by atoms with van der Waals surface area (Å²) < 4.78 is 5.15. The Hall–Kier alpha value is -0.610. The van der Waals surface area contributed by atoms with Gasteiger partial charge >= 0.3 is 0 Å². The molecular formula is C12H18ClNO2. The first-order valence-electron chi connectivity index (χ1n) is 5.41. The molecule has 0 aromatic heterocycles. The van der Waals surface area contributed by atoms with E-state index in [9.17, 15) is 0 Å². The number of hydrogen-bond donors (Lipinski definition) is 2. The average Bonchev–Trinajstić information content (AvgIpc) is 2.29. The van der Waals surface area contributed by atoms with Crippen LogP contribution in [0.2, 0.25) is 5.02 Å². The van der Waals surface area contributed by atoms with Gasteiger partial charge in [-0.25, -0.2) is 0 Å². The number of hydrogen-bond acceptors (Lipinski definition) is 3. The minimum atomic E-state index is 0.0761. The summed E-state index contributed by atoms with van der Waals surface area (Å²) in [6.07, 6.45) is 0. The predicted octanol–water partition coefficient (Wildman–Crippen LogP) is 2.00. The third-order valence-corrected chi connectivity index (χ3v) is 2.55. The van der Waals surface area contributed by atoms with Crippen molar-refractivity contribution >= 4 is 11.6 Å². The van der Waals surface area contributed by atoms with Crippen LogP contribution in [0.3, 0.4) is 0 Å². The first-order chi connectivity index (χ1) is 7.74. The first-order valence-corrected chi connectivity index (χ1v) is 5.79. The van der Waals surface area contributed by atoms with Crippen molar-refractivity contribution in [2.24, 2.45) is 0 Å². The van der Waals surface area contributed by atoms with Gasteiger partial charge in [0.1, 0.15) is 0 Å². The molecule has 1 atom stereocenters. The Kier molecular flexibility index (Phi) is 6.42. The Balaban J connectivity index is 2.24. The molecule has 1 rings (SSSR count). The van der Waals surface area contributed by atoms with Gasteiger partial charge < -0.3 is 15.2 Å². The van der Waals surface area contributed by atoms with E-state index in [1.54, 1.807) is 0 Å². The zero-order chi connectivity index (χ0) is 11.8. The summed E-state index contributed by atoms with van der Waals surface area (Å²) in [6, 6.07) is 8.06. The molecule has 0 radical (unpaired) electrons. The quantitative estimate of drug-likeness (QED) is 0.720. The van der Waals surface area contributed by atoms with Gasteiger partial charge in [-0.3, -0.25) is 0 Å². The standard InChI is InChI=1S/C12H18ClNO2/c1-10(14-6-8-16-9-7-15)11-2-4-12(13)5-3-11/h2-5,10,14-15H,6-9H2,1H3/t10-/m1/s1. The summed E-state index contributed by atoms with van der Waals surface area (Å²) in [7, 11) is 0. The lowest BCUT2D eigenvalue weighted by Gasteiger charge is -2.14. The highest BCUT2D eigenvalue weighted by atomic mass is 35.5. The second kappa shape index (κ2) is 7.63. The third kappa shape index (κ3) is 4.94. The summed E-state index contributed by atoms with van der Waals surface area (Å²) >= 11 is 5.81. The molecule has 2 N–H and O–H groups in total. The molecule has 1 aromatic rings. The molecule has 16 heavy (non-hydrogen) atoms. The van der Waals surface area contributed by atoms with Gasteiger partial charge in [-0.15, -0.1) is 0 Å². The van der Waals surface area contributed by atoms with Crippen molar-refractivity contribution in [1.29, 1.82) is 0 Å². The fraction of sp³-hybridized carbons (Fsp3) is 0.500. The van der Waals surface area contributed by atoms with Crippen LogP contribution >= 0.6 is 11.6 Å².